The molecule has 1 aliphatic carbocycles. The summed E-state index contributed by atoms with van der Waals surface area (Å²) in [5, 5.41) is 7.42. The number of nitrogens with one attached hydrogen (secondary N) is 2. The predicted octanol–water partition coefficient (Wildman–Crippen LogP) is 2.66. The maximum atomic E-state index is 11.2. The second-order valence-electron chi connectivity index (χ2n) is 7.38. The van der Waals surface area contributed by atoms with Crippen molar-refractivity contribution >= 4 is 22.8 Å². The molecular weight excluding hydrogens is 344 g/mol. The number of hydrogen-bond acceptors (Lipinski definition) is 6. The Hall–Kier alpha value is -2.41. The summed E-state index contributed by atoms with van der Waals surface area (Å²) in [5.74, 6) is 1.46. The summed E-state index contributed by atoms with van der Waals surface area (Å²) >= 11 is 0. The van der Waals surface area contributed by atoms with Crippen LogP contribution in [0.1, 0.15) is 39.0 Å². The fourth-order valence-corrected chi connectivity index (χ4v) is 3.83. The van der Waals surface area contributed by atoms with Gasteiger partial charge >= 0.3 is 0 Å². The van der Waals surface area contributed by atoms with Gasteiger partial charge in [0.1, 0.15) is 17.4 Å². The highest BCUT2D eigenvalue weighted by Crippen LogP contribution is 2.27. The van der Waals surface area contributed by atoms with Gasteiger partial charge in [-0.3, -0.25) is 4.79 Å². The molecule has 1 unspecified atom stereocenters. The second kappa shape index (κ2) is 8.08. The molecular formula is C20H26N4O3. The normalized spacial score (nSPS) is 25.3. The van der Waals surface area contributed by atoms with E-state index < -0.39 is 0 Å². The number of hydrogen-bond donors (Lipinski definition) is 2. The molecule has 0 bridgehead atoms. The molecule has 2 fully saturated rings. The molecule has 1 saturated heterocycles. The van der Waals surface area contributed by atoms with E-state index in [1.807, 2.05) is 24.4 Å². The lowest BCUT2D eigenvalue weighted by Crippen LogP contribution is -2.39. The number of benzene rings is 1. The van der Waals surface area contributed by atoms with E-state index in [1.54, 1.807) is 6.92 Å². The van der Waals surface area contributed by atoms with Crippen LogP contribution in [0.2, 0.25) is 0 Å². The number of ether oxygens (including phenoxy) is 2. The molecule has 2 aliphatic rings. The lowest BCUT2D eigenvalue weighted by atomic mass is 9.91. The van der Waals surface area contributed by atoms with Crippen molar-refractivity contribution in [2.45, 2.75) is 57.2 Å². The largest absolute Gasteiger partial charge is 0.486 e. The van der Waals surface area contributed by atoms with Crippen LogP contribution in [-0.4, -0.2) is 47.3 Å². The van der Waals surface area contributed by atoms with E-state index in [0.29, 0.717) is 18.6 Å². The molecule has 1 aliphatic heterocycles. The molecule has 0 radical (unpaired) electrons. The molecule has 0 spiro atoms. The van der Waals surface area contributed by atoms with Gasteiger partial charge in [-0.15, -0.1) is 0 Å². The number of anilines is 1. The fourth-order valence-electron chi connectivity index (χ4n) is 3.83. The highest BCUT2D eigenvalue weighted by Gasteiger charge is 2.23. The van der Waals surface area contributed by atoms with Gasteiger partial charge in [0.15, 0.2) is 0 Å². The SMILES string of the molecule is CC(=O)N[C@H]1CC[C@H](Nc2ncc3cccc(OC4CCOC4)c3n2)CC1. The van der Waals surface area contributed by atoms with Crippen LogP contribution in [0, 0.1) is 0 Å². The minimum absolute atomic E-state index is 0.0458. The van der Waals surface area contributed by atoms with Crippen LogP contribution in [-0.2, 0) is 9.53 Å². The Labute approximate surface area is 158 Å². The minimum atomic E-state index is 0.0458. The summed E-state index contributed by atoms with van der Waals surface area (Å²) in [6.07, 6.45) is 6.76. The molecule has 7 nitrogen and oxygen atoms in total. The Balaban J connectivity index is 1.44. The number of carbonyl (C=O) groups excluding carboxylic acids is 1. The molecule has 2 N–H and O–H groups in total. The zero-order valence-electron chi connectivity index (χ0n) is 15.6. The Kier molecular flexibility index (Phi) is 5.38. The van der Waals surface area contributed by atoms with E-state index in [2.05, 4.69) is 15.6 Å². The van der Waals surface area contributed by atoms with Gasteiger partial charge < -0.3 is 20.1 Å². The van der Waals surface area contributed by atoms with Gasteiger partial charge in [-0.25, -0.2) is 9.97 Å². The van der Waals surface area contributed by atoms with Crippen LogP contribution in [0.15, 0.2) is 24.4 Å². The van der Waals surface area contributed by atoms with Crippen molar-refractivity contribution in [2.75, 3.05) is 18.5 Å². The van der Waals surface area contributed by atoms with E-state index in [-0.39, 0.29) is 18.1 Å². The molecule has 2 aromatic rings. The topological polar surface area (TPSA) is 85.4 Å². The molecule has 1 saturated carbocycles. The van der Waals surface area contributed by atoms with Gasteiger partial charge in [0.05, 0.1) is 13.2 Å². The first-order chi connectivity index (χ1) is 13.2. The Morgan fingerprint density at radius 2 is 2.00 bits per heavy atom. The number of nitrogens with zero attached hydrogens (tertiary/aromatic N) is 2. The monoisotopic (exact) mass is 370 g/mol. The lowest BCUT2D eigenvalue weighted by molar-refractivity contribution is -0.119. The molecule has 7 heteroatoms. The van der Waals surface area contributed by atoms with Gasteiger partial charge in [0.2, 0.25) is 11.9 Å². The fraction of sp³-hybridized carbons (Fsp3) is 0.550. The van der Waals surface area contributed by atoms with Gasteiger partial charge in [0.25, 0.3) is 0 Å². The number of para-hydroxylation sites is 1. The highest BCUT2D eigenvalue weighted by atomic mass is 16.5. The number of aromatic nitrogens is 2. The van der Waals surface area contributed by atoms with Crippen molar-refractivity contribution in [3.8, 4) is 5.75 Å². The average Bonchev–Trinajstić information content (AvgIpc) is 3.17. The zero-order chi connectivity index (χ0) is 18.6. The van der Waals surface area contributed by atoms with E-state index in [0.717, 1.165) is 55.4 Å². The van der Waals surface area contributed by atoms with Crippen LogP contribution in [0.3, 0.4) is 0 Å². The minimum Gasteiger partial charge on any atom is -0.486 e. The van der Waals surface area contributed by atoms with Crippen molar-refractivity contribution in [1.29, 1.82) is 0 Å². The van der Waals surface area contributed by atoms with Crippen molar-refractivity contribution in [3.05, 3.63) is 24.4 Å². The van der Waals surface area contributed by atoms with Crippen molar-refractivity contribution in [1.82, 2.24) is 15.3 Å². The van der Waals surface area contributed by atoms with Crippen LogP contribution >= 0.6 is 0 Å². The molecule has 1 amide bonds. The maximum absolute atomic E-state index is 11.2. The van der Waals surface area contributed by atoms with E-state index in [9.17, 15) is 4.79 Å². The third kappa shape index (κ3) is 4.47. The van der Waals surface area contributed by atoms with Crippen molar-refractivity contribution < 1.29 is 14.3 Å². The first-order valence-electron chi connectivity index (χ1n) is 9.71. The molecule has 1 aromatic carbocycles. The summed E-state index contributed by atoms with van der Waals surface area (Å²) in [6.45, 7) is 2.95. The van der Waals surface area contributed by atoms with Crippen LogP contribution < -0.4 is 15.4 Å². The third-order valence-electron chi connectivity index (χ3n) is 5.22. The van der Waals surface area contributed by atoms with E-state index in [1.165, 1.54) is 0 Å². The quantitative estimate of drug-likeness (QED) is 0.842. The Morgan fingerprint density at radius 3 is 2.74 bits per heavy atom. The molecule has 1 aromatic heterocycles. The second-order valence-corrected chi connectivity index (χ2v) is 7.38. The van der Waals surface area contributed by atoms with Crippen molar-refractivity contribution in [2.24, 2.45) is 0 Å². The van der Waals surface area contributed by atoms with Crippen LogP contribution in [0.5, 0.6) is 5.75 Å². The number of amides is 1. The number of rotatable bonds is 5. The Morgan fingerprint density at radius 1 is 1.19 bits per heavy atom. The predicted molar refractivity (Wildman–Crippen MR) is 103 cm³/mol. The molecule has 27 heavy (non-hydrogen) atoms. The summed E-state index contributed by atoms with van der Waals surface area (Å²) in [6, 6.07) is 6.52. The first-order valence-corrected chi connectivity index (χ1v) is 9.71. The Bertz CT molecular complexity index is 799. The van der Waals surface area contributed by atoms with Crippen LogP contribution in [0.25, 0.3) is 10.9 Å². The summed E-state index contributed by atoms with van der Waals surface area (Å²) < 4.78 is 11.5. The summed E-state index contributed by atoms with van der Waals surface area (Å²) in [7, 11) is 0. The van der Waals surface area contributed by atoms with E-state index in [4.69, 9.17) is 14.5 Å². The average molecular weight is 370 g/mol. The van der Waals surface area contributed by atoms with Gasteiger partial charge in [-0.05, 0) is 31.7 Å². The maximum Gasteiger partial charge on any atom is 0.223 e. The third-order valence-corrected chi connectivity index (χ3v) is 5.22. The first kappa shape index (κ1) is 18.0. The molecule has 4 rings (SSSR count). The number of carbonyl (C=O) groups is 1. The standard InChI is InChI=1S/C20H26N4O3/c1-13(25)22-15-5-7-16(8-6-15)23-20-21-11-14-3-2-4-18(19(14)24-20)27-17-9-10-26-12-17/h2-4,11,15-17H,5-10,12H2,1H3,(H,22,25)(H,21,23,24)/t15-,16-,17?. The lowest BCUT2D eigenvalue weighted by Gasteiger charge is -2.29. The molecule has 1 atom stereocenters. The van der Waals surface area contributed by atoms with Crippen molar-refractivity contribution in [3.63, 3.8) is 0 Å². The molecule has 144 valence electrons. The smallest absolute Gasteiger partial charge is 0.223 e. The van der Waals surface area contributed by atoms with Crippen LogP contribution in [0.4, 0.5) is 5.95 Å². The van der Waals surface area contributed by atoms with E-state index >= 15 is 0 Å². The summed E-state index contributed by atoms with van der Waals surface area (Å²) in [5.41, 5.74) is 0.828. The molecule has 2 heterocycles. The number of fused-ring (bicyclic) bond motifs is 1. The van der Waals surface area contributed by atoms with Gasteiger partial charge in [0, 0.05) is 37.0 Å². The highest BCUT2D eigenvalue weighted by molar-refractivity contribution is 5.84. The van der Waals surface area contributed by atoms with Gasteiger partial charge in [-0.1, -0.05) is 12.1 Å². The summed E-state index contributed by atoms with van der Waals surface area (Å²) in [4.78, 5) is 20.4. The zero-order valence-corrected chi connectivity index (χ0v) is 15.6. The van der Waals surface area contributed by atoms with Gasteiger partial charge in [-0.2, -0.15) is 0 Å².